The molecule has 1 aromatic heterocycles. The Labute approximate surface area is 109 Å². The standard InChI is InChI=1S/C13H24N4O/c1-13(2,17-5-7-18-8-6-17)12(14-3)11-9-15-16(4)10-11/h9-10,12,14H,5-8H2,1-4H3. The summed E-state index contributed by atoms with van der Waals surface area (Å²) in [6.45, 7) is 8.20. The van der Waals surface area contributed by atoms with Crippen LogP contribution in [0.1, 0.15) is 25.5 Å². The Kier molecular flexibility index (Phi) is 4.04. The zero-order chi connectivity index (χ0) is 13.2. The fourth-order valence-electron chi connectivity index (χ4n) is 2.84. The average molecular weight is 252 g/mol. The second-order valence-corrected chi connectivity index (χ2v) is 5.42. The molecule has 1 aliphatic rings. The average Bonchev–Trinajstić information content (AvgIpc) is 2.77. The molecule has 2 rings (SSSR count). The van der Waals surface area contributed by atoms with Crippen LogP contribution in [0.4, 0.5) is 0 Å². The third-order valence-electron chi connectivity index (χ3n) is 3.88. The van der Waals surface area contributed by atoms with Gasteiger partial charge in [0.05, 0.1) is 25.5 Å². The lowest BCUT2D eigenvalue weighted by molar-refractivity contribution is -0.0229. The van der Waals surface area contributed by atoms with E-state index in [2.05, 4.69) is 35.4 Å². The third-order valence-corrected chi connectivity index (χ3v) is 3.88. The van der Waals surface area contributed by atoms with Crippen LogP contribution in [0.2, 0.25) is 0 Å². The molecule has 0 aliphatic carbocycles. The van der Waals surface area contributed by atoms with E-state index in [1.54, 1.807) is 0 Å². The van der Waals surface area contributed by atoms with Gasteiger partial charge in [-0.15, -0.1) is 0 Å². The second-order valence-electron chi connectivity index (χ2n) is 5.42. The fraction of sp³-hybridized carbons (Fsp3) is 0.769. The molecule has 2 heterocycles. The predicted molar refractivity (Wildman–Crippen MR) is 71.5 cm³/mol. The Bertz CT molecular complexity index is 382. The number of hydrogen-bond acceptors (Lipinski definition) is 4. The largest absolute Gasteiger partial charge is 0.379 e. The number of hydrogen-bond donors (Lipinski definition) is 1. The Balaban J connectivity index is 2.19. The van der Waals surface area contributed by atoms with E-state index in [9.17, 15) is 0 Å². The lowest BCUT2D eigenvalue weighted by atomic mass is 9.88. The van der Waals surface area contributed by atoms with Gasteiger partial charge in [-0.3, -0.25) is 9.58 Å². The molecule has 5 nitrogen and oxygen atoms in total. The van der Waals surface area contributed by atoms with E-state index in [0.29, 0.717) is 0 Å². The van der Waals surface area contributed by atoms with Crippen molar-refractivity contribution in [2.45, 2.75) is 25.4 Å². The van der Waals surface area contributed by atoms with Gasteiger partial charge in [-0.05, 0) is 20.9 Å². The highest BCUT2D eigenvalue weighted by Crippen LogP contribution is 2.31. The van der Waals surface area contributed by atoms with Gasteiger partial charge >= 0.3 is 0 Å². The van der Waals surface area contributed by atoms with Gasteiger partial charge in [0.25, 0.3) is 0 Å². The molecule has 18 heavy (non-hydrogen) atoms. The molecule has 1 fully saturated rings. The fourth-order valence-corrected chi connectivity index (χ4v) is 2.84. The maximum Gasteiger partial charge on any atom is 0.0594 e. The van der Waals surface area contributed by atoms with E-state index in [4.69, 9.17) is 4.74 Å². The van der Waals surface area contributed by atoms with Crippen LogP contribution in [0.5, 0.6) is 0 Å². The Hall–Kier alpha value is -0.910. The number of likely N-dealkylation sites (N-methyl/N-ethyl adjacent to an activating group) is 1. The zero-order valence-electron chi connectivity index (χ0n) is 11.8. The molecule has 0 amide bonds. The first-order chi connectivity index (χ1) is 8.55. The number of nitrogens with one attached hydrogen (secondary N) is 1. The van der Waals surface area contributed by atoms with Crippen molar-refractivity contribution in [3.63, 3.8) is 0 Å². The normalized spacial score (nSPS) is 20.0. The highest BCUT2D eigenvalue weighted by Gasteiger charge is 2.36. The van der Waals surface area contributed by atoms with Crippen molar-refractivity contribution < 1.29 is 4.74 Å². The van der Waals surface area contributed by atoms with Crippen molar-refractivity contribution in [3.8, 4) is 0 Å². The molecule has 1 N–H and O–H groups in total. The van der Waals surface area contributed by atoms with Crippen LogP contribution in [0.25, 0.3) is 0 Å². The summed E-state index contributed by atoms with van der Waals surface area (Å²) in [5, 5.41) is 7.71. The first-order valence-electron chi connectivity index (χ1n) is 6.54. The van der Waals surface area contributed by atoms with Crippen LogP contribution < -0.4 is 5.32 Å². The second kappa shape index (κ2) is 5.38. The van der Waals surface area contributed by atoms with Crippen molar-refractivity contribution in [2.24, 2.45) is 7.05 Å². The van der Waals surface area contributed by atoms with Gasteiger partial charge < -0.3 is 10.1 Å². The summed E-state index contributed by atoms with van der Waals surface area (Å²) >= 11 is 0. The highest BCUT2D eigenvalue weighted by molar-refractivity contribution is 5.16. The molecule has 1 aromatic rings. The number of ether oxygens (including phenoxy) is 1. The first-order valence-corrected chi connectivity index (χ1v) is 6.54. The molecule has 1 atom stereocenters. The highest BCUT2D eigenvalue weighted by atomic mass is 16.5. The predicted octanol–water partition coefficient (Wildman–Crippen LogP) is 0.791. The number of aryl methyl sites for hydroxylation is 1. The van der Waals surface area contributed by atoms with E-state index in [1.165, 1.54) is 5.56 Å². The minimum atomic E-state index is 0.0432. The number of aromatic nitrogens is 2. The molecule has 1 unspecified atom stereocenters. The molecule has 0 bridgehead atoms. The number of rotatable bonds is 4. The molecule has 102 valence electrons. The summed E-state index contributed by atoms with van der Waals surface area (Å²) in [4.78, 5) is 2.49. The van der Waals surface area contributed by atoms with Gasteiger partial charge in [0, 0.05) is 37.4 Å². The molecule has 0 saturated carbocycles. The van der Waals surface area contributed by atoms with E-state index in [0.717, 1.165) is 26.3 Å². The van der Waals surface area contributed by atoms with Crippen molar-refractivity contribution in [2.75, 3.05) is 33.4 Å². The van der Waals surface area contributed by atoms with E-state index >= 15 is 0 Å². The molecule has 0 aromatic carbocycles. The smallest absolute Gasteiger partial charge is 0.0594 e. The van der Waals surface area contributed by atoms with Crippen molar-refractivity contribution in [1.82, 2.24) is 20.0 Å². The molecular formula is C13H24N4O. The third kappa shape index (κ3) is 2.58. The quantitative estimate of drug-likeness (QED) is 0.860. The maximum absolute atomic E-state index is 5.44. The van der Waals surface area contributed by atoms with E-state index < -0.39 is 0 Å². The Morgan fingerprint density at radius 2 is 2.06 bits per heavy atom. The monoisotopic (exact) mass is 252 g/mol. The van der Waals surface area contributed by atoms with Crippen molar-refractivity contribution in [1.29, 1.82) is 0 Å². The van der Waals surface area contributed by atoms with Gasteiger partial charge in [-0.1, -0.05) is 0 Å². The van der Waals surface area contributed by atoms with E-state index in [-0.39, 0.29) is 11.6 Å². The summed E-state index contributed by atoms with van der Waals surface area (Å²) < 4.78 is 7.30. The van der Waals surface area contributed by atoms with Gasteiger partial charge in [0.15, 0.2) is 0 Å². The van der Waals surface area contributed by atoms with Gasteiger partial charge in [0.2, 0.25) is 0 Å². The van der Waals surface area contributed by atoms with Crippen LogP contribution in [-0.4, -0.2) is 53.6 Å². The molecule has 0 spiro atoms. The summed E-state index contributed by atoms with van der Waals surface area (Å²) in [5.41, 5.74) is 1.28. The number of nitrogens with zero attached hydrogens (tertiary/aromatic N) is 3. The minimum absolute atomic E-state index is 0.0432. The van der Waals surface area contributed by atoms with Gasteiger partial charge in [-0.25, -0.2) is 0 Å². The van der Waals surface area contributed by atoms with Crippen LogP contribution in [0, 0.1) is 0 Å². The first kappa shape index (κ1) is 13.5. The number of morpholine rings is 1. The summed E-state index contributed by atoms with van der Waals surface area (Å²) in [6, 6.07) is 0.268. The molecule has 5 heteroatoms. The minimum Gasteiger partial charge on any atom is -0.379 e. The lowest BCUT2D eigenvalue weighted by Crippen LogP contribution is -2.55. The molecule has 0 radical (unpaired) electrons. The molecule has 1 saturated heterocycles. The lowest BCUT2D eigenvalue weighted by Gasteiger charge is -2.45. The Morgan fingerprint density at radius 3 is 2.56 bits per heavy atom. The van der Waals surface area contributed by atoms with Crippen LogP contribution in [-0.2, 0) is 11.8 Å². The van der Waals surface area contributed by atoms with Crippen LogP contribution in [0.3, 0.4) is 0 Å². The summed E-state index contributed by atoms with van der Waals surface area (Å²) in [6.07, 6.45) is 4.03. The zero-order valence-corrected chi connectivity index (χ0v) is 11.8. The molecule has 1 aliphatic heterocycles. The van der Waals surface area contributed by atoms with Gasteiger partial charge in [-0.2, -0.15) is 5.10 Å². The van der Waals surface area contributed by atoms with E-state index in [1.807, 2.05) is 25.0 Å². The van der Waals surface area contributed by atoms with Crippen LogP contribution in [0.15, 0.2) is 12.4 Å². The summed E-state index contributed by atoms with van der Waals surface area (Å²) in [5.74, 6) is 0. The Morgan fingerprint density at radius 1 is 1.39 bits per heavy atom. The van der Waals surface area contributed by atoms with Crippen molar-refractivity contribution >= 4 is 0 Å². The van der Waals surface area contributed by atoms with Gasteiger partial charge in [0.1, 0.15) is 0 Å². The van der Waals surface area contributed by atoms with Crippen LogP contribution >= 0.6 is 0 Å². The van der Waals surface area contributed by atoms with Crippen molar-refractivity contribution in [3.05, 3.63) is 18.0 Å². The summed E-state index contributed by atoms with van der Waals surface area (Å²) in [7, 11) is 3.97. The maximum atomic E-state index is 5.44. The topological polar surface area (TPSA) is 42.3 Å². The molecular weight excluding hydrogens is 228 g/mol. The SMILES string of the molecule is CNC(c1cnn(C)c1)C(C)(C)N1CCOCC1.